The van der Waals surface area contributed by atoms with Crippen molar-refractivity contribution in [1.29, 1.82) is 0 Å². The number of esters is 1. The van der Waals surface area contributed by atoms with Crippen LogP contribution in [0, 0.1) is 0 Å². The predicted molar refractivity (Wildman–Crippen MR) is 144 cm³/mol. The number of methoxy groups -OCH3 is 4. The van der Waals surface area contributed by atoms with Gasteiger partial charge >= 0.3 is 5.97 Å². The normalized spacial score (nSPS) is 14.9. The van der Waals surface area contributed by atoms with Gasteiger partial charge in [0.05, 0.1) is 50.3 Å². The quantitative estimate of drug-likeness (QED) is 0.306. The number of rotatable bonds is 9. The highest BCUT2D eigenvalue weighted by atomic mass is 32.1. The number of allylic oxidation sites excluding steroid dienone is 1. The van der Waals surface area contributed by atoms with Gasteiger partial charge in [-0.3, -0.25) is 9.36 Å². The van der Waals surface area contributed by atoms with E-state index in [2.05, 4.69) is 11.6 Å². The third kappa shape index (κ3) is 4.95. The molecule has 0 spiro atoms. The SMILES string of the molecule is C=CCOC(=O)C1=C(C)N=c2s/c(=C/c3cc(OC)c(OC)c(OC)c3)c(=O)n2[C@@H]1c1ccc(OC)cc1. The second kappa shape index (κ2) is 11.4. The van der Waals surface area contributed by atoms with E-state index in [0.29, 0.717) is 49.2 Å². The lowest BCUT2D eigenvalue weighted by Gasteiger charge is -2.24. The molecule has 1 aliphatic heterocycles. The maximum absolute atomic E-state index is 13.8. The molecule has 0 aliphatic carbocycles. The summed E-state index contributed by atoms with van der Waals surface area (Å²) >= 11 is 1.22. The molecule has 0 saturated carbocycles. The van der Waals surface area contributed by atoms with Crippen molar-refractivity contribution < 1.29 is 28.5 Å². The Morgan fingerprint density at radius 1 is 1.05 bits per heavy atom. The van der Waals surface area contributed by atoms with Crippen molar-refractivity contribution in [2.24, 2.45) is 4.99 Å². The van der Waals surface area contributed by atoms with Gasteiger partial charge in [-0.1, -0.05) is 36.1 Å². The van der Waals surface area contributed by atoms with Crippen LogP contribution in [0.5, 0.6) is 23.0 Å². The Hall–Kier alpha value is -4.31. The first-order chi connectivity index (χ1) is 18.4. The average Bonchev–Trinajstić information content (AvgIpc) is 3.24. The molecule has 1 aliphatic rings. The molecule has 2 aromatic carbocycles. The van der Waals surface area contributed by atoms with Gasteiger partial charge in [0.1, 0.15) is 12.4 Å². The van der Waals surface area contributed by atoms with Crippen molar-refractivity contribution in [3.8, 4) is 23.0 Å². The van der Waals surface area contributed by atoms with E-state index >= 15 is 0 Å². The number of fused-ring (bicyclic) bond motifs is 1. The summed E-state index contributed by atoms with van der Waals surface area (Å²) in [7, 11) is 6.15. The van der Waals surface area contributed by atoms with Crippen molar-refractivity contribution >= 4 is 23.4 Å². The van der Waals surface area contributed by atoms with E-state index in [1.54, 1.807) is 44.4 Å². The van der Waals surface area contributed by atoms with Crippen LogP contribution in [-0.2, 0) is 9.53 Å². The van der Waals surface area contributed by atoms with Crippen molar-refractivity contribution in [2.75, 3.05) is 35.0 Å². The summed E-state index contributed by atoms with van der Waals surface area (Å²) < 4.78 is 28.9. The zero-order chi connectivity index (χ0) is 27.4. The molecule has 0 radical (unpaired) electrons. The molecule has 0 N–H and O–H groups in total. The number of carbonyl (C=O) groups is 1. The Morgan fingerprint density at radius 2 is 1.71 bits per heavy atom. The van der Waals surface area contributed by atoms with Gasteiger partial charge in [-0.15, -0.1) is 0 Å². The molecule has 9 nitrogen and oxygen atoms in total. The lowest BCUT2D eigenvalue weighted by Crippen LogP contribution is -2.39. The lowest BCUT2D eigenvalue weighted by molar-refractivity contribution is -0.138. The van der Waals surface area contributed by atoms with Crippen molar-refractivity contribution in [3.05, 3.63) is 91.1 Å². The number of carbonyl (C=O) groups excluding carboxylic acids is 1. The maximum atomic E-state index is 13.8. The van der Waals surface area contributed by atoms with Gasteiger partial charge in [-0.2, -0.15) is 0 Å². The van der Waals surface area contributed by atoms with Gasteiger partial charge < -0.3 is 23.7 Å². The molecule has 1 aromatic heterocycles. The highest BCUT2D eigenvalue weighted by molar-refractivity contribution is 7.07. The number of hydrogen-bond acceptors (Lipinski definition) is 9. The fourth-order valence-corrected chi connectivity index (χ4v) is 5.28. The number of aromatic nitrogens is 1. The van der Waals surface area contributed by atoms with Gasteiger partial charge in [0.25, 0.3) is 5.56 Å². The third-order valence-corrected chi connectivity index (χ3v) is 6.97. The average molecular weight is 537 g/mol. The van der Waals surface area contributed by atoms with Crippen molar-refractivity contribution in [2.45, 2.75) is 13.0 Å². The Morgan fingerprint density at radius 3 is 2.26 bits per heavy atom. The number of benzene rings is 2. The summed E-state index contributed by atoms with van der Waals surface area (Å²) in [5.74, 6) is 1.47. The fraction of sp³-hybridized carbons (Fsp3) is 0.250. The van der Waals surface area contributed by atoms with Gasteiger partial charge in [-0.25, -0.2) is 9.79 Å². The highest BCUT2D eigenvalue weighted by Crippen LogP contribution is 2.38. The van der Waals surface area contributed by atoms with Gasteiger partial charge in [0.15, 0.2) is 16.3 Å². The minimum atomic E-state index is -0.739. The first-order valence-corrected chi connectivity index (χ1v) is 12.4. The minimum Gasteiger partial charge on any atom is -0.497 e. The van der Waals surface area contributed by atoms with Crippen LogP contribution < -0.4 is 33.8 Å². The molecule has 0 amide bonds. The van der Waals surface area contributed by atoms with Crippen LogP contribution in [0.4, 0.5) is 0 Å². The molecule has 2 heterocycles. The Bertz CT molecular complexity index is 1560. The molecular weight excluding hydrogens is 508 g/mol. The summed E-state index contributed by atoms with van der Waals surface area (Å²) in [5, 5.41) is 0. The van der Waals surface area contributed by atoms with Crippen LogP contribution in [0.1, 0.15) is 24.1 Å². The third-order valence-electron chi connectivity index (χ3n) is 5.99. The standard InChI is InChI=1S/C28H28N2O7S/c1-7-12-37-27(32)23-16(2)29-28-30(24(23)18-8-10-19(33-3)11-9-18)26(31)22(38-28)15-17-13-20(34-4)25(36-6)21(14-17)35-5/h7-11,13-15,24H,1,12H2,2-6H3/b22-15+/t24-/m1/s1. The highest BCUT2D eigenvalue weighted by Gasteiger charge is 2.33. The zero-order valence-electron chi connectivity index (χ0n) is 21.8. The molecule has 0 fully saturated rings. The molecule has 0 bridgehead atoms. The van der Waals surface area contributed by atoms with Gasteiger partial charge in [0, 0.05) is 0 Å². The minimum absolute atomic E-state index is 0.0382. The van der Waals surface area contributed by atoms with E-state index in [4.69, 9.17) is 23.7 Å². The van der Waals surface area contributed by atoms with E-state index in [-0.39, 0.29) is 17.7 Å². The molecular formula is C28H28N2O7S. The number of nitrogens with zero attached hydrogens (tertiary/aromatic N) is 2. The summed E-state index contributed by atoms with van der Waals surface area (Å²) in [4.78, 5) is 32.0. The first kappa shape index (κ1) is 26.7. The Labute approximate surface area is 223 Å². The van der Waals surface area contributed by atoms with E-state index in [1.807, 2.05) is 12.1 Å². The number of ether oxygens (including phenoxy) is 5. The molecule has 0 unspecified atom stereocenters. The molecule has 4 rings (SSSR count). The van der Waals surface area contributed by atoms with E-state index in [1.165, 1.54) is 43.3 Å². The molecule has 198 valence electrons. The van der Waals surface area contributed by atoms with Crippen LogP contribution in [0.25, 0.3) is 6.08 Å². The predicted octanol–water partition coefficient (Wildman–Crippen LogP) is 3.00. The van der Waals surface area contributed by atoms with E-state index in [9.17, 15) is 9.59 Å². The largest absolute Gasteiger partial charge is 0.497 e. The topological polar surface area (TPSA) is 97.6 Å². The molecule has 3 aromatic rings. The Balaban J connectivity index is 1.93. The van der Waals surface area contributed by atoms with E-state index < -0.39 is 12.0 Å². The Kier molecular flexibility index (Phi) is 8.02. The van der Waals surface area contributed by atoms with Gasteiger partial charge in [-0.05, 0) is 48.4 Å². The summed E-state index contributed by atoms with van der Waals surface area (Å²) in [6.45, 7) is 5.38. The van der Waals surface area contributed by atoms with Crippen LogP contribution in [0.2, 0.25) is 0 Å². The number of hydrogen-bond donors (Lipinski definition) is 0. The zero-order valence-corrected chi connectivity index (χ0v) is 22.6. The molecule has 38 heavy (non-hydrogen) atoms. The monoisotopic (exact) mass is 536 g/mol. The van der Waals surface area contributed by atoms with Crippen molar-refractivity contribution in [1.82, 2.24) is 4.57 Å². The summed E-state index contributed by atoms with van der Waals surface area (Å²) in [6, 6.07) is 9.97. The summed E-state index contributed by atoms with van der Waals surface area (Å²) in [6.07, 6.45) is 3.22. The number of thiazole rings is 1. The van der Waals surface area contributed by atoms with Crippen LogP contribution >= 0.6 is 11.3 Å². The van der Waals surface area contributed by atoms with Crippen LogP contribution in [0.3, 0.4) is 0 Å². The lowest BCUT2D eigenvalue weighted by atomic mass is 9.96. The maximum Gasteiger partial charge on any atom is 0.338 e. The van der Waals surface area contributed by atoms with Gasteiger partial charge in [0.2, 0.25) is 5.75 Å². The first-order valence-electron chi connectivity index (χ1n) is 11.6. The van der Waals surface area contributed by atoms with Crippen molar-refractivity contribution in [3.63, 3.8) is 0 Å². The van der Waals surface area contributed by atoms with E-state index in [0.717, 1.165) is 0 Å². The van der Waals surface area contributed by atoms with Crippen LogP contribution in [0.15, 0.2) is 70.1 Å². The second-order valence-electron chi connectivity index (χ2n) is 8.20. The summed E-state index contributed by atoms with van der Waals surface area (Å²) in [5.41, 5.74) is 1.84. The fourth-order valence-electron chi connectivity index (χ4n) is 4.23. The molecule has 0 saturated heterocycles. The van der Waals surface area contributed by atoms with Crippen LogP contribution in [-0.4, -0.2) is 45.6 Å². The molecule has 1 atom stereocenters. The second-order valence-corrected chi connectivity index (χ2v) is 9.21. The molecule has 10 heteroatoms. The smallest absolute Gasteiger partial charge is 0.338 e.